The average molecular weight is 413 g/mol. The van der Waals surface area contributed by atoms with E-state index in [9.17, 15) is 9.59 Å². The summed E-state index contributed by atoms with van der Waals surface area (Å²) in [7, 11) is 0. The molecule has 1 amide bonds. The van der Waals surface area contributed by atoms with Crippen LogP contribution in [0.4, 0.5) is 0 Å². The van der Waals surface area contributed by atoms with Crippen molar-refractivity contribution in [2.45, 2.75) is 50.6 Å². The summed E-state index contributed by atoms with van der Waals surface area (Å²) in [6.07, 6.45) is 2.16. The normalized spacial score (nSPS) is 15.8. The van der Waals surface area contributed by atoms with Gasteiger partial charge in [-0.05, 0) is 51.3 Å². The number of hydrogen-bond donors (Lipinski definition) is 1. The van der Waals surface area contributed by atoms with Crippen molar-refractivity contribution in [3.05, 3.63) is 40.8 Å². The number of benzene rings is 1. The lowest BCUT2D eigenvalue weighted by molar-refractivity contribution is -0.119. The van der Waals surface area contributed by atoms with Crippen molar-refractivity contribution in [3.8, 4) is 11.5 Å². The van der Waals surface area contributed by atoms with Crippen molar-refractivity contribution in [2.24, 2.45) is 0 Å². The Balaban J connectivity index is 1.42. The van der Waals surface area contributed by atoms with Crippen LogP contribution in [0.25, 0.3) is 0 Å². The number of hydrogen-bond acceptors (Lipinski definition) is 7. The van der Waals surface area contributed by atoms with Gasteiger partial charge in [-0.1, -0.05) is 17.8 Å². The van der Waals surface area contributed by atoms with Crippen molar-refractivity contribution >= 4 is 23.5 Å². The van der Waals surface area contributed by atoms with Crippen molar-refractivity contribution in [3.63, 3.8) is 0 Å². The van der Waals surface area contributed by atoms with E-state index in [0.29, 0.717) is 33.7 Å². The van der Waals surface area contributed by atoms with Gasteiger partial charge in [0.1, 0.15) is 10.9 Å². The molecule has 0 spiro atoms. The van der Waals surface area contributed by atoms with Gasteiger partial charge in [0.15, 0.2) is 17.3 Å². The van der Waals surface area contributed by atoms with Gasteiger partial charge >= 0.3 is 0 Å². The summed E-state index contributed by atoms with van der Waals surface area (Å²) < 4.78 is 10.7. The molecule has 0 bridgehead atoms. The molecule has 1 fully saturated rings. The highest BCUT2D eigenvalue weighted by Crippen LogP contribution is 2.39. The van der Waals surface area contributed by atoms with Crippen molar-refractivity contribution in [1.29, 1.82) is 0 Å². The van der Waals surface area contributed by atoms with Gasteiger partial charge in [-0.15, -0.1) is 0 Å². The molecule has 2 heterocycles. The smallest absolute Gasteiger partial charge is 0.231 e. The molecule has 1 N–H and O–H groups in total. The van der Waals surface area contributed by atoms with Crippen molar-refractivity contribution in [2.75, 3.05) is 12.5 Å². The third kappa shape index (κ3) is 4.37. The molecule has 152 valence electrons. The summed E-state index contributed by atoms with van der Waals surface area (Å²) in [6.45, 7) is 5.47. The molecule has 1 aliphatic heterocycles. The predicted molar refractivity (Wildman–Crippen MR) is 109 cm³/mol. The number of ether oxygens (including phenoxy) is 2. The van der Waals surface area contributed by atoms with E-state index in [4.69, 9.17) is 9.47 Å². The summed E-state index contributed by atoms with van der Waals surface area (Å²) in [5, 5.41) is 3.58. The van der Waals surface area contributed by atoms with E-state index in [-0.39, 0.29) is 30.3 Å². The lowest BCUT2D eigenvalue weighted by atomic mass is 10.1. The number of aryl methyl sites for hydroxylation is 1. The Morgan fingerprint density at radius 3 is 2.72 bits per heavy atom. The van der Waals surface area contributed by atoms with Gasteiger partial charge in [0, 0.05) is 5.92 Å². The minimum absolute atomic E-state index is 0.0820. The van der Waals surface area contributed by atoms with Crippen LogP contribution < -0.4 is 14.8 Å². The molecule has 1 atom stereocenters. The number of nitrogens with zero attached hydrogens (tertiary/aromatic N) is 2. The fourth-order valence-electron chi connectivity index (χ4n) is 3.28. The molecular formula is C21H23N3O4S. The van der Waals surface area contributed by atoms with Gasteiger partial charge in [-0.25, -0.2) is 9.97 Å². The highest BCUT2D eigenvalue weighted by atomic mass is 32.2. The molecule has 29 heavy (non-hydrogen) atoms. The third-order valence-electron chi connectivity index (χ3n) is 4.98. The molecule has 4 rings (SSSR count). The van der Waals surface area contributed by atoms with Gasteiger partial charge in [0.25, 0.3) is 0 Å². The highest BCUT2D eigenvalue weighted by molar-refractivity contribution is 8.00. The Morgan fingerprint density at radius 2 is 2.00 bits per heavy atom. The number of Topliss-reactive ketones (excluding diaryl/α,β-unsaturated/α-hetero) is 1. The third-order valence-corrected chi connectivity index (χ3v) is 5.96. The number of fused-ring (bicyclic) bond motifs is 1. The second kappa shape index (κ2) is 8.02. The SMILES string of the molecule is CC(=O)c1c(C)nc(C2CC2)nc1SCC(=O)N[C@@H](C)c1ccc2c(c1)OCO2. The van der Waals surface area contributed by atoms with Gasteiger partial charge < -0.3 is 14.8 Å². The van der Waals surface area contributed by atoms with Crippen LogP contribution in [0.5, 0.6) is 11.5 Å². The fraction of sp³-hybridized carbons (Fsp3) is 0.429. The summed E-state index contributed by atoms with van der Waals surface area (Å²) in [4.78, 5) is 33.7. The molecule has 0 unspecified atom stereocenters. The molecule has 0 saturated heterocycles. The summed E-state index contributed by atoms with van der Waals surface area (Å²) in [6, 6.07) is 5.45. The number of aromatic nitrogens is 2. The minimum Gasteiger partial charge on any atom is -0.454 e. The molecule has 1 aliphatic carbocycles. The molecule has 2 aromatic rings. The van der Waals surface area contributed by atoms with E-state index in [2.05, 4.69) is 15.3 Å². The van der Waals surface area contributed by atoms with Gasteiger partial charge in [0.05, 0.1) is 23.1 Å². The molecule has 2 aliphatic rings. The quantitative estimate of drug-likeness (QED) is 0.422. The summed E-state index contributed by atoms with van der Waals surface area (Å²) in [5.41, 5.74) is 2.13. The van der Waals surface area contributed by atoms with Crippen LogP contribution in [0, 0.1) is 6.92 Å². The summed E-state index contributed by atoms with van der Waals surface area (Å²) in [5.74, 6) is 2.53. The Morgan fingerprint density at radius 1 is 1.24 bits per heavy atom. The van der Waals surface area contributed by atoms with Gasteiger partial charge in [0.2, 0.25) is 12.7 Å². The van der Waals surface area contributed by atoms with Crippen molar-refractivity contribution < 1.29 is 19.1 Å². The molecule has 1 aromatic carbocycles. The molecule has 0 radical (unpaired) electrons. The zero-order valence-electron chi connectivity index (χ0n) is 16.7. The van der Waals surface area contributed by atoms with Gasteiger partial charge in [-0.3, -0.25) is 9.59 Å². The van der Waals surface area contributed by atoms with E-state index < -0.39 is 0 Å². The number of nitrogens with one attached hydrogen (secondary N) is 1. The standard InChI is InChI=1S/C21H23N3O4S/c1-11(15-6-7-16-17(8-15)28-10-27-16)22-18(26)9-29-21-19(13(3)25)12(2)23-20(24-21)14-4-5-14/h6-8,11,14H,4-5,9-10H2,1-3H3,(H,22,26)/t11-/m0/s1. The molecule has 7 nitrogen and oxygen atoms in total. The zero-order valence-corrected chi connectivity index (χ0v) is 17.5. The van der Waals surface area contributed by atoms with E-state index >= 15 is 0 Å². The lowest BCUT2D eigenvalue weighted by Crippen LogP contribution is -2.28. The maximum atomic E-state index is 12.5. The van der Waals surface area contributed by atoms with Crippen molar-refractivity contribution in [1.82, 2.24) is 15.3 Å². The average Bonchev–Trinajstić information content (AvgIpc) is 3.42. The zero-order chi connectivity index (χ0) is 20.5. The Labute approximate surface area is 173 Å². The predicted octanol–water partition coefficient (Wildman–Crippen LogP) is 3.56. The number of rotatable bonds is 7. The fourth-order valence-corrected chi connectivity index (χ4v) is 4.23. The maximum Gasteiger partial charge on any atom is 0.231 e. The molecule has 8 heteroatoms. The first-order valence-corrected chi connectivity index (χ1v) is 10.6. The molecular weight excluding hydrogens is 390 g/mol. The van der Waals surface area contributed by atoms with Crippen LogP contribution in [0.1, 0.15) is 66.1 Å². The lowest BCUT2D eigenvalue weighted by Gasteiger charge is -2.15. The van der Waals surface area contributed by atoms with Crippen LogP contribution >= 0.6 is 11.8 Å². The van der Waals surface area contributed by atoms with Gasteiger partial charge in [-0.2, -0.15) is 0 Å². The van der Waals surface area contributed by atoms with E-state index in [0.717, 1.165) is 24.2 Å². The number of ketones is 1. The van der Waals surface area contributed by atoms with Crippen LogP contribution in [-0.4, -0.2) is 34.2 Å². The minimum atomic E-state index is -0.181. The second-order valence-electron chi connectivity index (χ2n) is 7.37. The number of thioether (sulfide) groups is 1. The van der Waals surface area contributed by atoms with E-state index in [1.54, 1.807) is 0 Å². The highest BCUT2D eigenvalue weighted by Gasteiger charge is 2.29. The van der Waals surface area contributed by atoms with Crippen LogP contribution in [0.2, 0.25) is 0 Å². The monoisotopic (exact) mass is 413 g/mol. The summed E-state index contributed by atoms with van der Waals surface area (Å²) >= 11 is 1.29. The Bertz CT molecular complexity index is 975. The Kier molecular flexibility index (Phi) is 5.45. The largest absolute Gasteiger partial charge is 0.454 e. The first-order chi connectivity index (χ1) is 13.9. The van der Waals surface area contributed by atoms with Crippen LogP contribution in [0.15, 0.2) is 23.2 Å². The Hall–Kier alpha value is -2.61. The number of carbonyl (C=O) groups excluding carboxylic acids is 2. The van der Waals surface area contributed by atoms with E-state index in [1.165, 1.54) is 18.7 Å². The molecule has 1 saturated carbocycles. The number of amides is 1. The first kappa shape index (κ1) is 19.7. The first-order valence-electron chi connectivity index (χ1n) is 9.63. The van der Waals surface area contributed by atoms with Crippen LogP contribution in [-0.2, 0) is 4.79 Å². The number of carbonyl (C=O) groups is 2. The maximum absolute atomic E-state index is 12.5. The van der Waals surface area contributed by atoms with Crippen LogP contribution in [0.3, 0.4) is 0 Å². The van der Waals surface area contributed by atoms with E-state index in [1.807, 2.05) is 32.0 Å². The second-order valence-corrected chi connectivity index (χ2v) is 8.33. The topological polar surface area (TPSA) is 90.4 Å². The molecule has 1 aromatic heterocycles.